The van der Waals surface area contributed by atoms with Crippen LogP contribution < -0.4 is 0 Å². The van der Waals surface area contributed by atoms with Gasteiger partial charge in [-0.3, -0.25) is 0 Å². The Morgan fingerprint density at radius 1 is 1.13 bits per heavy atom. The monoisotopic (exact) mass is 206 g/mol. The number of aliphatic hydroxyl groups excluding tert-OH is 1. The third kappa shape index (κ3) is 4.63. The van der Waals surface area contributed by atoms with Crippen LogP contribution in [0.2, 0.25) is 0 Å². The van der Waals surface area contributed by atoms with Gasteiger partial charge in [0, 0.05) is 18.4 Å². The van der Waals surface area contributed by atoms with Crippen LogP contribution >= 0.6 is 0 Å². The van der Waals surface area contributed by atoms with Crippen molar-refractivity contribution < 1.29 is 9.90 Å². The van der Waals surface area contributed by atoms with E-state index in [2.05, 4.69) is 0 Å². The number of hydrogen-bond acceptors (Lipinski definition) is 2. The summed E-state index contributed by atoms with van der Waals surface area (Å²) in [5, 5.41) is 9.67. The molecule has 0 amide bonds. The highest BCUT2D eigenvalue weighted by molar-refractivity contribution is 5.75. The molecule has 2 nitrogen and oxygen atoms in total. The summed E-state index contributed by atoms with van der Waals surface area (Å²) in [4.78, 5) is 10.7. The smallest absolute Gasteiger partial charge is 0.129 e. The molecule has 0 aromatic heterocycles. The Balaban J connectivity index is 2.15. The molecule has 2 heteroatoms. The van der Waals surface area contributed by atoms with Crippen molar-refractivity contribution in [2.24, 2.45) is 0 Å². The van der Waals surface area contributed by atoms with E-state index in [4.69, 9.17) is 0 Å². The number of carbonyl (C=O) groups excluding carboxylic acids is 1. The summed E-state index contributed by atoms with van der Waals surface area (Å²) in [5.74, 6) is 0.710. The van der Waals surface area contributed by atoms with E-state index < -0.39 is 0 Å². The highest BCUT2D eigenvalue weighted by atomic mass is 16.3. The molecule has 82 valence electrons. The number of allylic oxidation sites excluding steroid dienone is 6. The lowest BCUT2D eigenvalue weighted by atomic mass is 10.1. The minimum absolute atomic E-state index is 0.249. The quantitative estimate of drug-likeness (QED) is 0.533. The van der Waals surface area contributed by atoms with Gasteiger partial charge in [-0.15, -0.1) is 0 Å². The molecule has 0 saturated carbocycles. The van der Waals surface area contributed by atoms with Gasteiger partial charge < -0.3 is 9.90 Å². The predicted octanol–water partition coefficient (Wildman–Crippen LogP) is 3.46. The molecular weight excluding hydrogens is 188 g/mol. The van der Waals surface area contributed by atoms with Crippen LogP contribution in [-0.2, 0) is 4.79 Å². The van der Waals surface area contributed by atoms with E-state index in [1.807, 2.05) is 24.3 Å². The second-order valence-corrected chi connectivity index (χ2v) is 3.88. The summed E-state index contributed by atoms with van der Waals surface area (Å²) >= 11 is 0. The Morgan fingerprint density at radius 3 is 2.33 bits per heavy atom. The Labute approximate surface area is 91.0 Å². The summed E-state index contributed by atoms with van der Waals surface area (Å²) in [6, 6.07) is 0. The highest BCUT2D eigenvalue weighted by Gasteiger charge is 2.02. The number of rotatable bonds is 6. The van der Waals surface area contributed by atoms with Crippen LogP contribution in [0.5, 0.6) is 0 Å². The first kappa shape index (κ1) is 11.8. The summed E-state index contributed by atoms with van der Waals surface area (Å²) in [6.45, 7) is 1.62. The molecule has 0 unspecified atom stereocenters. The van der Waals surface area contributed by atoms with Gasteiger partial charge in [0.1, 0.15) is 5.78 Å². The molecule has 15 heavy (non-hydrogen) atoms. The Kier molecular flexibility index (Phi) is 4.88. The molecule has 0 spiro atoms. The molecule has 0 aromatic carbocycles. The molecule has 1 aliphatic rings. The lowest BCUT2D eigenvalue weighted by molar-refractivity contribution is -0.117. The van der Waals surface area contributed by atoms with Crippen LogP contribution in [0.25, 0.3) is 0 Å². The fraction of sp³-hybridized carbons (Fsp3) is 0.462. The lowest BCUT2D eigenvalue weighted by Crippen LogP contribution is -1.91. The Morgan fingerprint density at radius 2 is 1.73 bits per heavy atom. The average Bonchev–Trinajstić information content (AvgIpc) is 2.69. The number of carbonyl (C=O) groups is 1. The minimum atomic E-state index is 0.249. The van der Waals surface area contributed by atoms with Gasteiger partial charge in [0.2, 0.25) is 0 Å². The summed E-state index contributed by atoms with van der Waals surface area (Å²) in [6.07, 6.45) is 11.9. The SMILES string of the molecule is CC(=O)CCCCCC(O)=C1C=CC=C1. The van der Waals surface area contributed by atoms with E-state index in [1.54, 1.807) is 6.92 Å². The van der Waals surface area contributed by atoms with Crippen molar-refractivity contribution in [2.45, 2.75) is 39.0 Å². The van der Waals surface area contributed by atoms with Crippen LogP contribution in [-0.4, -0.2) is 10.9 Å². The molecular formula is C13H18O2. The first-order valence-electron chi connectivity index (χ1n) is 5.46. The van der Waals surface area contributed by atoms with Crippen molar-refractivity contribution in [1.82, 2.24) is 0 Å². The summed E-state index contributed by atoms with van der Waals surface area (Å²) < 4.78 is 0. The van der Waals surface area contributed by atoms with Gasteiger partial charge in [0.15, 0.2) is 0 Å². The van der Waals surface area contributed by atoms with Gasteiger partial charge in [0.25, 0.3) is 0 Å². The first-order chi connectivity index (χ1) is 7.20. The maximum absolute atomic E-state index is 10.7. The fourth-order valence-electron chi connectivity index (χ4n) is 1.55. The van der Waals surface area contributed by atoms with Crippen molar-refractivity contribution in [3.8, 4) is 0 Å². The van der Waals surface area contributed by atoms with Crippen molar-refractivity contribution in [2.75, 3.05) is 0 Å². The van der Waals surface area contributed by atoms with Gasteiger partial charge >= 0.3 is 0 Å². The number of Topliss-reactive ketones (excluding diaryl/α,β-unsaturated/α-hetero) is 1. The topological polar surface area (TPSA) is 37.3 Å². The second-order valence-electron chi connectivity index (χ2n) is 3.88. The lowest BCUT2D eigenvalue weighted by Gasteiger charge is -2.02. The molecule has 0 heterocycles. The first-order valence-corrected chi connectivity index (χ1v) is 5.46. The van der Waals surface area contributed by atoms with Crippen molar-refractivity contribution in [1.29, 1.82) is 0 Å². The number of unbranched alkanes of at least 4 members (excludes halogenated alkanes) is 2. The largest absolute Gasteiger partial charge is 0.512 e. The van der Waals surface area contributed by atoms with Gasteiger partial charge in [-0.2, -0.15) is 0 Å². The normalized spacial score (nSPS) is 13.5. The standard InChI is InChI=1S/C13H18O2/c1-11(14)7-3-2-4-10-13(15)12-8-5-6-9-12/h5-6,8-9,15H,2-4,7,10H2,1H3. The van der Waals surface area contributed by atoms with Gasteiger partial charge in [-0.1, -0.05) is 30.7 Å². The maximum Gasteiger partial charge on any atom is 0.129 e. The molecule has 0 fully saturated rings. The Hall–Kier alpha value is -1.31. The van der Waals surface area contributed by atoms with E-state index in [1.165, 1.54) is 0 Å². The van der Waals surface area contributed by atoms with Gasteiger partial charge in [0.05, 0.1) is 5.76 Å². The second kappa shape index (κ2) is 6.23. The fourth-order valence-corrected chi connectivity index (χ4v) is 1.55. The zero-order valence-corrected chi connectivity index (χ0v) is 9.20. The molecule has 0 atom stereocenters. The summed E-state index contributed by atoms with van der Waals surface area (Å²) in [7, 11) is 0. The number of ketones is 1. The van der Waals surface area contributed by atoms with E-state index in [0.29, 0.717) is 18.6 Å². The van der Waals surface area contributed by atoms with E-state index in [-0.39, 0.29) is 5.78 Å². The van der Waals surface area contributed by atoms with Crippen LogP contribution in [0.1, 0.15) is 39.0 Å². The van der Waals surface area contributed by atoms with Crippen LogP contribution in [0, 0.1) is 0 Å². The molecule has 0 radical (unpaired) electrons. The van der Waals surface area contributed by atoms with E-state index in [0.717, 1.165) is 24.8 Å². The molecule has 0 bridgehead atoms. The third-order valence-corrected chi connectivity index (χ3v) is 2.44. The molecule has 1 rings (SSSR count). The van der Waals surface area contributed by atoms with Crippen molar-refractivity contribution in [3.63, 3.8) is 0 Å². The van der Waals surface area contributed by atoms with Crippen molar-refractivity contribution in [3.05, 3.63) is 35.6 Å². The van der Waals surface area contributed by atoms with E-state index in [9.17, 15) is 9.90 Å². The van der Waals surface area contributed by atoms with Crippen LogP contribution in [0.3, 0.4) is 0 Å². The highest BCUT2D eigenvalue weighted by Crippen LogP contribution is 2.16. The van der Waals surface area contributed by atoms with Crippen LogP contribution in [0.15, 0.2) is 35.6 Å². The molecule has 1 aliphatic carbocycles. The zero-order valence-electron chi connectivity index (χ0n) is 9.20. The number of hydrogen-bond donors (Lipinski definition) is 1. The Bertz CT molecular complexity index is 294. The minimum Gasteiger partial charge on any atom is -0.512 e. The van der Waals surface area contributed by atoms with Gasteiger partial charge in [-0.25, -0.2) is 0 Å². The molecule has 0 aromatic rings. The zero-order chi connectivity index (χ0) is 11.1. The number of aliphatic hydroxyl groups is 1. The average molecular weight is 206 g/mol. The van der Waals surface area contributed by atoms with E-state index >= 15 is 0 Å². The molecule has 0 aliphatic heterocycles. The van der Waals surface area contributed by atoms with Crippen molar-refractivity contribution >= 4 is 5.78 Å². The van der Waals surface area contributed by atoms with Gasteiger partial charge in [-0.05, 0) is 19.8 Å². The predicted molar refractivity (Wildman–Crippen MR) is 61.7 cm³/mol. The maximum atomic E-state index is 10.7. The van der Waals surface area contributed by atoms with Crippen LogP contribution in [0.4, 0.5) is 0 Å². The molecule has 1 N–H and O–H groups in total. The summed E-state index contributed by atoms with van der Waals surface area (Å²) in [5.41, 5.74) is 0.918. The molecule has 0 saturated heterocycles. The third-order valence-electron chi connectivity index (χ3n) is 2.44.